The Labute approximate surface area is 142 Å². The molecular weight excluding hydrogens is 324 g/mol. The van der Waals surface area contributed by atoms with Gasteiger partial charge in [-0.2, -0.15) is 8.42 Å². The van der Waals surface area contributed by atoms with Gasteiger partial charge in [0.2, 0.25) is 0 Å². The maximum Gasteiger partial charge on any atom is 0.306 e. The van der Waals surface area contributed by atoms with Crippen molar-refractivity contribution in [1.29, 1.82) is 0 Å². The average Bonchev–Trinajstić information content (AvgIpc) is 2.52. The smallest absolute Gasteiger partial charge is 0.306 e. The van der Waals surface area contributed by atoms with E-state index in [4.69, 9.17) is 4.18 Å². The van der Waals surface area contributed by atoms with Crippen LogP contribution in [0.4, 0.5) is 0 Å². The fourth-order valence-corrected chi connectivity index (χ4v) is 2.57. The molecule has 0 N–H and O–H groups in total. The van der Waals surface area contributed by atoms with E-state index >= 15 is 0 Å². The number of hydrogen-bond donors (Lipinski definition) is 0. The Morgan fingerprint density at radius 3 is 2.08 bits per heavy atom. The summed E-state index contributed by atoms with van der Waals surface area (Å²) in [4.78, 5) is 12.1. The van der Waals surface area contributed by atoms with Crippen molar-refractivity contribution in [3.8, 4) is 5.75 Å². The van der Waals surface area contributed by atoms with Crippen LogP contribution in [0.25, 0.3) is 6.08 Å². The normalized spacial score (nSPS) is 11.8. The monoisotopic (exact) mass is 344 g/mol. The van der Waals surface area contributed by atoms with Gasteiger partial charge in [-0.3, -0.25) is 4.79 Å². The number of carbonyl (C=O) groups excluding carboxylic acids is 1. The van der Waals surface area contributed by atoms with Gasteiger partial charge in [-0.05, 0) is 47.4 Å². The molecule has 0 atom stereocenters. The van der Waals surface area contributed by atoms with E-state index in [2.05, 4.69) is 13.8 Å². The Hall–Kier alpha value is -2.40. The maximum atomic E-state index is 12.1. The molecule has 2 rings (SSSR count). The van der Waals surface area contributed by atoms with E-state index < -0.39 is 10.1 Å². The molecule has 0 aliphatic heterocycles. The maximum absolute atomic E-state index is 12.1. The zero-order chi connectivity index (χ0) is 17.7. The zero-order valence-electron chi connectivity index (χ0n) is 13.9. The van der Waals surface area contributed by atoms with Crippen molar-refractivity contribution in [3.63, 3.8) is 0 Å². The summed E-state index contributed by atoms with van der Waals surface area (Å²) in [7, 11) is -3.57. The van der Waals surface area contributed by atoms with Crippen LogP contribution in [0.5, 0.6) is 5.75 Å². The molecule has 0 aromatic heterocycles. The molecule has 0 unspecified atom stereocenters. The van der Waals surface area contributed by atoms with Gasteiger partial charge in [-0.1, -0.05) is 44.2 Å². The Balaban J connectivity index is 2.06. The molecule has 0 radical (unpaired) electrons. The molecule has 2 aromatic carbocycles. The molecular formula is C19H20O4S. The summed E-state index contributed by atoms with van der Waals surface area (Å²) in [6, 6.07) is 14.0. The van der Waals surface area contributed by atoms with Crippen molar-refractivity contribution in [2.24, 2.45) is 0 Å². The molecule has 5 heteroatoms. The highest BCUT2D eigenvalue weighted by Crippen LogP contribution is 2.17. The highest BCUT2D eigenvalue weighted by Gasteiger charge is 2.06. The van der Waals surface area contributed by atoms with Crippen molar-refractivity contribution in [1.82, 2.24) is 0 Å². The van der Waals surface area contributed by atoms with E-state index in [-0.39, 0.29) is 11.5 Å². The number of carbonyl (C=O) groups is 1. The van der Waals surface area contributed by atoms with Gasteiger partial charge in [0.1, 0.15) is 5.75 Å². The SMILES string of the molecule is CC(C)c1ccc(/C=C/C(=O)c2ccc(OS(C)(=O)=O)cc2)cc1. The van der Waals surface area contributed by atoms with E-state index in [0.29, 0.717) is 11.5 Å². The minimum Gasteiger partial charge on any atom is -0.383 e. The van der Waals surface area contributed by atoms with Crippen LogP contribution in [0.2, 0.25) is 0 Å². The fraction of sp³-hybridized carbons (Fsp3) is 0.211. The van der Waals surface area contributed by atoms with Crippen LogP contribution in [0.1, 0.15) is 41.3 Å². The van der Waals surface area contributed by atoms with Crippen LogP contribution in [-0.4, -0.2) is 20.5 Å². The summed E-state index contributed by atoms with van der Waals surface area (Å²) in [6.45, 7) is 4.26. The molecule has 0 spiro atoms. The second-order valence-corrected chi connectivity index (χ2v) is 7.41. The third-order valence-electron chi connectivity index (χ3n) is 3.42. The predicted molar refractivity (Wildman–Crippen MR) is 95.8 cm³/mol. The van der Waals surface area contributed by atoms with Crippen LogP contribution in [-0.2, 0) is 10.1 Å². The Morgan fingerprint density at radius 2 is 1.58 bits per heavy atom. The van der Waals surface area contributed by atoms with Gasteiger partial charge < -0.3 is 4.18 Å². The van der Waals surface area contributed by atoms with Gasteiger partial charge in [0, 0.05) is 5.56 Å². The van der Waals surface area contributed by atoms with Crippen molar-refractivity contribution < 1.29 is 17.4 Å². The second kappa shape index (κ2) is 7.45. The Bertz CT molecular complexity index is 830. The van der Waals surface area contributed by atoms with E-state index in [0.717, 1.165) is 11.8 Å². The van der Waals surface area contributed by atoms with Gasteiger partial charge >= 0.3 is 10.1 Å². The lowest BCUT2D eigenvalue weighted by Gasteiger charge is -2.04. The first kappa shape index (κ1) is 17.9. The fourth-order valence-electron chi connectivity index (χ4n) is 2.11. The summed E-state index contributed by atoms with van der Waals surface area (Å²) >= 11 is 0. The number of ketones is 1. The summed E-state index contributed by atoms with van der Waals surface area (Å²) in [6.07, 6.45) is 4.23. The standard InChI is InChI=1S/C19H20O4S/c1-14(2)16-7-4-15(5-8-16)6-13-19(20)17-9-11-18(12-10-17)23-24(3,21)22/h4-14H,1-3H3/b13-6+. The summed E-state index contributed by atoms with van der Waals surface area (Å²) in [5, 5.41) is 0. The van der Waals surface area contributed by atoms with E-state index in [9.17, 15) is 13.2 Å². The molecule has 24 heavy (non-hydrogen) atoms. The van der Waals surface area contributed by atoms with Crippen LogP contribution in [0.15, 0.2) is 54.6 Å². The predicted octanol–water partition coefficient (Wildman–Crippen LogP) is 4.04. The molecule has 0 amide bonds. The first-order valence-corrected chi connectivity index (χ1v) is 9.38. The van der Waals surface area contributed by atoms with Gasteiger partial charge in [0.25, 0.3) is 0 Å². The molecule has 0 heterocycles. The first-order valence-electron chi connectivity index (χ1n) is 7.56. The number of hydrogen-bond acceptors (Lipinski definition) is 4. The van der Waals surface area contributed by atoms with Crippen molar-refractivity contribution in [3.05, 3.63) is 71.3 Å². The molecule has 2 aromatic rings. The molecule has 0 fully saturated rings. The third-order valence-corrected chi connectivity index (χ3v) is 3.91. The third kappa shape index (κ3) is 5.35. The van der Waals surface area contributed by atoms with E-state index in [1.165, 1.54) is 35.9 Å². The van der Waals surface area contributed by atoms with E-state index in [1.54, 1.807) is 6.08 Å². The van der Waals surface area contributed by atoms with Crippen LogP contribution >= 0.6 is 0 Å². The number of benzene rings is 2. The van der Waals surface area contributed by atoms with Crippen LogP contribution in [0.3, 0.4) is 0 Å². The summed E-state index contributed by atoms with van der Waals surface area (Å²) in [5.74, 6) is 0.494. The Kier molecular flexibility index (Phi) is 5.57. The molecule has 4 nitrogen and oxygen atoms in total. The molecule has 0 saturated heterocycles. The average molecular weight is 344 g/mol. The second-order valence-electron chi connectivity index (χ2n) is 5.83. The van der Waals surface area contributed by atoms with Crippen LogP contribution < -0.4 is 4.18 Å². The highest BCUT2D eigenvalue weighted by molar-refractivity contribution is 7.86. The van der Waals surface area contributed by atoms with Gasteiger partial charge in [-0.25, -0.2) is 0 Å². The lowest BCUT2D eigenvalue weighted by atomic mass is 10.0. The number of rotatable bonds is 6. The van der Waals surface area contributed by atoms with Crippen molar-refractivity contribution >= 4 is 22.0 Å². The largest absolute Gasteiger partial charge is 0.383 e. The van der Waals surface area contributed by atoms with Crippen molar-refractivity contribution in [2.45, 2.75) is 19.8 Å². The van der Waals surface area contributed by atoms with E-state index in [1.807, 2.05) is 24.3 Å². The zero-order valence-corrected chi connectivity index (χ0v) is 14.7. The quantitative estimate of drug-likeness (QED) is 0.451. The Morgan fingerprint density at radius 1 is 1.00 bits per heavy atom. The summed E-state index contributed by atoms with van der Waals surface area (Å²) < 4.78 is 26.8. The minimum absolute atomic E-state index is 0.158. The molecule has 0 aliphatic rings. The molecule has 126 valence electrons. The first-order chi connectivity index (χ1) is 11.2. The van der Waals surface area contributed by atoms with Gasteiger partial charge in [0.05, 0.1) is 6.26 Å². The highest BCUT2D eigenvalue weighted by atomic mass is 32.2. The lowest BCUT2D eigenvalue weighted by molar-refractivity contribution is 0.104. The van der Waals surface area contributed by atoms with Gasteiger partial charge in [0.15, 0.2) is 5.78 Å². The van der Waals surface area contributed by atoms with Gasteiger partial charge in [-0.15, -0.1) is 0 Å². The number of allylic oxidation sites excluding steroid dienone is 1. The minimum atomic E-state index is -3.57. The molecule has 0 bridgehead atoms. The summed E-state index contributed by atoms with van der Waals surface area (Å²) in [5.41, 5.74) is 2.66. The topological polar surface area (TPSA) is 60.4 Å². The lowest BCUT2D eigenvalue weighted by Crippen LogP contribution is -2.05. The van der Waals surface area contributed by atoms with Crippen molar-refractivity contribution in [2.75, 3.05) is 6.26 Å². The molecule has 0 saturated carbocycles. The molecule has 0 aliphatic carbocycles. The van der Waals surface area contributed by atoms with Crippen LogP contribution in [0, 0.1) is 0 Å².